The molecule has 0 aromatic carbocycles. The van der Waals surface area contributed by atoms with Gasteiger partial charge in [-0.25, -0.2) is 9.98 Å². The van der Waals surface area contributed by atoms with Crippen molar-refractivity contribution in [3.8, 4) is 0 Å². The van der Waals surface area contributed by atoms with E-state index in [-0.39, 0.29) is 0 Å². The highest BCUT2D eigenvalue weighted by atomic mass is 15.0. The number of nitrogens with zero attached hydrogens (tertiary/aromatic N) is 2. The Morgan fingerprint density at radius 1 is 1.54 bits per heavy atom. The second-order valence-electron chi connectivity index (χ2n) is 2.72. The number of aliphatic imine (C=N–C) groups is 1. The Hall–Kier alpha value is -1.64. The Kier molecular flexibility index (Phi) is 2.80. The molecule has 0 aliphatic carbocycles. The average Bonchev–Trinajstić information content (AvgIpc) is 2.46. The molecule has 0 aliphatic heterocycles. The highest BCUT2D eigenvalue weighted by molar-refractivity contribution is 5.94. The van der Waals surface area contributed by atoms with Crippen LogP contribution in [0.1, 0.15) is 18.4 Å². The Morgan fingerprint density at radius 2 is 2.23 bits per heavy atom. The van der Waals surface area contributed by atoms with Gasteiger partial charge in [-0.2, -0.15) is 0 Å². The van der Waals surface area contributed by atoms with Crippen LogP contribution in [0.5, 0.6) is 0 Å². The average molecular weight is 175 g/mol. The maximum Gasteiger partial charge on any atom is 0.177 e. The van der Waals surface area contributed by atoms with Gasteiger partial charge in [0.1, 0.15) is 5.82 Å². The zero-order valence-corrected chi connectivity index (χ0v) is 7.96. The maximum atomic E-state index is 4.25. The molecule has 0 saturated heterocycles. The van der Waals surface area contributed by atoms with Crippen LogP contribution in [0.4, 0.5) is 5.82 Å². The third kappa shape index (κ3) is 2.15. The van der Waals surface area contributed by atoms with E-state index >= 15 is 0 Å². The van der Waals surface area contributed by atoms with Crippen molar-refractivity contribution in [1.82, 2.24) is 9.97 Å². The first-order valence-corrected chi connectivity index (χ1v) is 4.04. The van der Waals surface area contributed by atoms with Crippen molar-refractivity contribution < 1.29 is 0 Å². The van der Waals surface area contributed by atoms with Crippen molar-refractivity contribution in [2.45, 2.75) is 13.8 Å². The van der Waals surface area contributed by atoms with E-state index in [4.69, 9.17) is 0 Å². The van der Waals surface area contributed by atoms with Gasteiger partial charge in [0, 0.05) is 5.71 Å². The molecule has 68 valence electrons. The molecule has 3 nitrogen and oxygen atoms in total. The molecule has 0 bridgehead atoms. The second kappa shape index (κ2) is 3.85. The first kappa shape index (κ1) is 9.45. The Morgan fingerprint density at radius 3 is 2.77 bits per heavy atom. The second-order valence-corrected chi connectivity index (χ2v) is 2.72. The number of hydrogen-bond acceptors (Lipinski definition) is 2. The van der Waals surface area contributed by atoms with E-state index in [1.807, 2.05) is 13.8 Å². The normalized spacial score (nSPS) is 11.4. The van der Waals surface area contributed by atoms with Crippen LogP contribution in [-0.2, 0) is 0 Å². The standard InChI is InChI=1S/C10H13N3/c1-5-7(3)11-10-9(6-2)12-8(4)13-10/h5-6H,1-2H2,3-4H3,(H,12,13). The molecule has 1 rings (SSSR count). The highest BCUT2D eigenvalue weighted by Gasteiger charge is 2.02. The van der Waals surface area contributed by atoms with E-state index < -0.39 is 0 Å². The van der Waals surface area contributed by atoms with Gasteiger partial charge in [-0.3, -0.25) is 0 Å². The van der Waals surface area contributed by atoms with Crippen LogP contribution < -0.4 is 0 Å². The molecule has 3 heteroatoms. The number of imidazole rings is 1. The maximum absolute atomic E-state index is 4.25. The van der Waals surface area contributed by atoms with Crippen molar-refractivity contribution in [2.75, 3.05) is 0 Å². The smallest absolute Gasteiger partial charge is 0.177 e. The van der Waals surface area contributed by atoms with Gasteiger partial charge < -0.3 is 4.98 Å². The number of nitrogens with one attached hydrogen (secondary N) is 1. The highest BCUT2D eigenvalue weighted by Crippen LogP contribution is 2.16. The van der Waals surface area contributed by atoms with Gasteiger partial charge in [0.2, 0.25) is 0 Å². The fraction of sp³-hybridized carbons (Fsp3) is 0.200. The summed E-state index contributed by atoms with van der Waals surface area (Å²) in [6, 6.07) is 0. The number of aromatic nitrogens is 2. The number of aromatic amines is 1. The lowest BCUT2D eigenvalue weighted by Gasteiger charge is -1.90. The van der Waals surface area contributed by atoms with Crippen LogP contribution >= 0.6 is 0 Å². The number of hydrogen-bond donors (Lipinski definition) is 1. The molecule has 13 heavy (non-hydrogen) atoms. The van der Waals surface area contributed by atoms with Crippen LogP contribution in [0.25, 0.3) is 6.08 Å². The monoisotopic (exact) mass is 175 g/mol. The summed E-state index contributed by atoms with van der Waals surface area (Å²) in [4.78, 5) is 11.5. The summed E-state index contributed by atoms with van der Waals surface area (Å²) in [6.45, 7) is 11.1. The Labute approximate surface area is 77.9 Å². The van der Waals surface area contributed by atoms with Crippen LogP contribution in [0.15, 0.2) is 24.2 Å². The minimum Gasteiger partial charge on any atom is -0.341 e. The van der Waals surface area contributed by atoms with E-state index in [9.17, 15) is 0 Å². The predicted molar refractivity (Wildman–Crippen MR) is 56.4 cm³/mol. The summed E-state index contributed by atoms with van der Waals surface area (Å²) in [6.07, 6.45) is 3.39. The lowest BCUT2D eigenvalue weighted by Crippen LogP contribution is -1.82. The summed E-state index contributed by atoms with van der Waals surface area (Å²) < 4.78 is 0. The lowest BCUT2D eigenvalue weighted by molar-refractivity contribution is 1.14. The fourth-order valence-corrected chi connectivity index (χ4v) is 0.938. The molecule has 0 spiro atoms. The number of H-pyrrole nitrogens is 1. The molecule has 0 aliphatic rings. The number of rotatable bonds is 3. The predicted octanol–water partition coefficient (Wildman–Crippen LogP) is 2.64. The van der Waals surface area contributed by atoms with Gasteiger partial charge in [-0.1, -0.05) is 13.2 Å². The molecule has 0 atom stereocenters. The van der Waals surface area contributed by atoms with Crippen molar-refractivity contribution >= 4 is 17.6 Å². The van der Waals surface area contributed by atoms with E-state index in [2.05, 4.69) is 28.1 Å². The SMILES string of the molecule is C=CC(C)=Nc1nc(C)[nH]c1C=C. The quantitative estimate of drug-likeness (QED) is 0.705. The van der Waals surface area contributed by atoms with E-state index in [0.717, 1.165) is 17.2 Å². The molecule has 0 amide bonds. The van der Waals surface area contributed by atoms with Crippen LogP contribution in [0, 0.1) is 6.92 Å². The fourth-order valence-electron chi connectivity index (χ4n) is 0.938. The van der Waals surface area contributed by atoms with Gasteiger partial charge in [-0.05, 0) is 26.0 Å². The van der Waals surface area contributed by atoms with E-state index in [1.54, 1.807) is 12.2 Å². The molecular formula is C10H13N3. The first-order chi connectivity index (χ1) is 6.17. The summed E-state index contributed by atoms with van der Waals surface area (Å²) >= 11 is 0. The van der Waals surface area contributed by atoms with Gasteiger partial charge in [0.05, 0.1) is 5.69 Å². The van der Waals surface area contributed by atoms with Crippen molar-refractivity contribution in [3.05, 3.63) is 30.8 Å². The van der Waals surface area contributed by atoms with Gasteiger partial charge in [0.15, 0.2) is 5.82 Å². The number of aryl methyl sites for hydroxylation is 1. The summed E-state index contributed by atoms with van der Waals surface area (Å²) in [5.74, 6) is 1.51. The van der Waals surface area contributed by atoms with Crippen molar-refractivity contribution in [3.63, 3.8) is 0 Å². The lowest BCUT2D eigenvalue weighted by atomic mass is 10.4. The molecule has 1 N–H and O–H groups in total. The Bertz CT molecular complexity index is 358. The summed E-state index contributed by atoms with van der Waals surface area (Å²) in [5.41, 5.74) is 1.69. The van der Waals surface area contributed by atoms with Crippen molar-refractivity contribution in [1.29, 1.82) is 0 Å². The zero-order valence-electron chi connectivity index (χ0n) is 7.96. The van der Waals surface area contributed by atoms with Gasteiger partial charge in [0.25, 0.3) is 0 Å². The van der Waals surface area contributed by atoms with E-state index in [1.165, 1.54) is 0 Å². The van der Waals surface area contributed by atoms with Crippen molar-refractivity contribution in [2.24, 2.45) is 4.99 Å². The molecule has 0 saturated carbocycles. The van der Waals surface area contributed by atoms with Crippen LogP contribution in [-0.4, -0.2) is 15.7 Å². The summed E-state index contributed by atoms with van der Waals surface area (Å²) in [5, 5.41) is 0. The third-order valence-corrected chi connectivity index (χ3v) is 1.61. The zero-order chi connectivity index (χ0) is 9.84. The Balaban J connectivity index is 3.13. The van der Waals surface area contributed by atoms with E-state index in [0.29, 0.717) is 5.82 Å². The van der Waals surface area contributed by atoms with Gasteiger partial charge >= 0.3 is 0 Å². The van der Waals surface area contributed by atoms with Crippen LogP contribution in [0.3, 0.4) is 0 Å². The number of allylic oxidation sites excluding steroid dienone is 1. The molecule has 0 fully saturated rings. The molecule has 0 radical (unpaired) electrons. The molecule has 0 unspecified atom stereocenters. The third-order valence-electron chi connectivity index (χ3n) is 1.61. The minimum atomic E-state index is 0.671. The molecule has 1 aromatic heterocycles. The molecular weight excluding hydrogens is 162 g/mol. The van der Waals surface area contributed by atoms with Gasteiger partial charge in [-0.15, -0.1) is 0 Å². The molecule has 1 aromatic rings. The largest absolute Gasteiger partial charge is 0.341 e. The minimum absolute atomic E-state index is 0.671. The first-order valence-electron chi connectivity index (χ1n) is 4.04. The molecule has 1 heterocycles. The van der Waals surface area contributed by atoms with Crippen LogP contribution in [0.2, 0.25) is 0 Å². The summed E-state index contributed by atoms with van der Waals surface area (Å²) in [7, 11) is 0. The topological polar surface area (TPSA) is 41.0 Å².